The molecular weight excluding hydrogens is 481 g/mol. The third kappa shape index (κ3) is 5.44. The number of rotatable bonds is 5. The van der Waals surface area contributed by atoms with Crippen LogP contribution in [0.2, 0.25) is 0 Å². The van der Waals surface area contributed by atoms with Crippen LogP contribution in [0, 0.1) is 3.57 Å². The molecule has 6 nitrogen and oxygen atoms in total. The molecule has 3 aromatic rings. The van der Waals surface area contributed by atoms with Crippen LogP contribution in [0.4, 0.5) is 11.4 Å². The van der Waals surface area contributed by atoms with Crippen LogP contribution in [-0.4, -0.2) is 20.6 Å². The van der Waals surface area contributed by atoms with E-state index in [1.165, 1.54) is 3.57 Å². The van der Waals surface area contributed by atoms with Gasteiger partial charge in [0, 0.05) is 26.9 Å². The van der Waals surface area contributed by atoms with Gasteiger partial charge in [-0.15, -0.1) is 5.10 Å². The van der Waals surface area contributed by atoms with Gasteiger partial charge in [0.2, 0.25) is 0 Å². The molecule has 1 aromatic heterocycles. The fourth-order valence-electron chi connectivity index (χ4n) is 2.10. The zero-order valence-corrected chi connectivity index (χ0v) is 17.2. The maximum absolute atomic E-state index is 11.9. The molecule has 2 aromatic carbocycles. The highest BCUT2D eigenvalue weighted by Gasteiger charge is 2.08. The van der Waals surface area contributed by atoms with Crippen molar-refractivity contribution in [3.05, 3.63) is 68.7 Å². The lowest BCUT2D eigenvalue weighted by Gasteiger charge is -2.11. The molecule has 3 N–H and O–H groups in total. The van der Waals surface area contributed by atoms with Gasteiger partial charge in [-0.25, -0.2) is 0 Å². The van der Waals surface area contributed by atoms with E-state index in [2.05, 4.69) is 54.2 Å². The lowest BCUT2D eigenvalue weighted by Crippen LogP contribution is -2.27. The number of hydrogen-bond donors (Lipinski definition) is 3. The van der Waals surface area contributed by atoms with Crippen LogP contribution >= 0.6 is 46.3 Å². The highest BCUT2D eigenvalue weighted by molar-refractivity contribution is 14.1. The SMILES string of the molecule is O=C(Nc1ccc(NC(=S)NCc2cccc(I)c2)cc1)c1csnn1. The van der Waals surface area contributed by atoms with E-state index in [1.807, 2.05) is 30.3 Å². The van der Waals surface area contributed by atoms with E-state index in [0.717, 1.165) is 22.8 Å². The van der Waals surface area contributed by atoms with E-state index in [4.69, 9.17) is 12.2 Å². The van der Waals surface area contributed by atoms with Gasteiger partial charge in [0.15, 0.2) is 10.8 Å². The lowest BCUT2D eigenvalue weighted by atomic mass is 10.2. The van der Waals surface area contributed by atoms with Gasteiger partial charge >= 0.3 is 0 Å². The van der Waals surface area contributed by atoms with Gasteiger partial charge in [-0.3, -0.25) is 4.79 Å². The molecular formula is C17H14IN5OS2. The molecule has 0 aliphatic heterocycles. The molecule has 0 saturated carbocycles. The molecule has 26 heavy (non-hydrogen) atoms. The summed E-state index contributed by atoms with van der Waals surface area (Å²) in [5.74, 6) is -0.283. The Kier molecular flexibility index (Phi) is 6.47. The number of hydrogen-bond acceptors (Lipinski definition) is 5. The second-order valence-electron chi connectivity index (χ2n) is 5.26. The predicted octanol–water partition coefficient (Wildman–Crippen LogP) is 3.88. The number of amides is 1. The number of thiocarbonyl (C=S) groups is 1. The van der Waals surface area contributed by atoms with Crippen LogP contribution in [0.1, 0.15) is 16.1 Å². The summed E-state index contributed by atoms with van der Waals surface area (Å²) < 4.78 is 4.86. The van der Waals surface area contributed by atoms with Gasteiger partial charge in [-0.1, -0.05) is 16.6 Å². The smallest absolute Gasteiger partial charge is 0.277 e. The number of halogens is 1. The summed E-state index contributed by atoms with van der Waals surface area (Å²) >= 11 is 8.74. The summed E-state index contributed by atoms with van der Waals surface area (Å²) in [6.07, 6.45) is 0. The van der Waals surface area contributed by atoms with E-state index >= 15 is 0 Å². The molecule has 1 amide bonds. The van der Waals surface area contributed by atoms with Crippen molar-refractivity contribution in [2.45, 2.75) is 6.54 Å². The van der Waals surface area contributed by atoms with Crippen molar-refractivity contribution in [1.82, 2.24) is 14.9 Å². The molecule has 0 fully saturated rings. The van der Waals surface area contributed by atoms with E-state index in [-0.39, 0.29) is 5.91 Å². The first-order chi connectivity index (χ1) is 12.6. The number of carbonyl (C=O) groups excluding carboxylic acids is 1. The molecule has 0 aliphatic rings. The number of benzene rings is 2. The fraction of sp³-hybridized carbons (Fsp3) is 0.0588. The van der Waals surface area contributed by atoms with Crippen molar-refractivity contribution in [1.29, 1.82) is 0 Å². The first-order valence-electron chi connectivity index (χ1n) is 7.58. The summed E-state index contributed by atoms with van der Waals surface area (Å²) in [6, 6.07) is 15.5. The monoisotopic (exact) mass is 495 g/mol. The van der Waals surface area contributed by atoms with Crippen LogP contribution < -0.4 is 16.0 Å². The molecule has 0 atom stereocenters. The van der Waals surface area contributed by atoms with Crippen LogP contribution in [0.15, 0.2) is 53.9 Å². The first kappa shape index (κ1) is 18.7. The quantitative estimate of drug-likeness (QED) is 0.369. The Morgan fingerprint density at radius 3 is 2.50 bits per heavy atom. The Morgan fingerprint density at radius 2 is 1.85 bits per heavy atom. The molecule has 3 rings (SSSR count). The minimum atomic E-state index is -0.283. The highest BCUT2D eigenvalue weighted by atomic mass is 127. The number of aromatic nitrogens is 2. The maximum atomic E-state index is 11.9. The minimum Gasteiger partial charge on any atom is -0.358 e. The van der Waals surface area contributed by atoms with Crippen LogP contribution in [0.5, 0.6) is 0 Å². The molecule has 0 saturated heterocycles. The lowest BCUT2D eigenvalue weighted by molar-refractivity contribution is 0.102. The standard InChI is InChI=1S/C17H14IN5OS2/c18-12-3-1-2-11(8-12)9-19-17(25)21-14-6-4-13(5-7-14)20-16(24)15-10-26-23-22-15/h1-8,10H,9H2,(H,20,24)(H2,19,21,25). The molecule has 132 valence electrons. The average Bonchev–Trinajstić information content (AvgIpc) is 3.17. The highest BCUT2D eigenvalue weighted by Crippen LogP contribution is 2.15. The number of nitrogens with zero attached hydrogens (tertiary/aromatic N) is 2. The Bertz CT molecular complexity index is 900. The van der Waals surface area contributed by atoms with Gasteiger partial charge in [0.05, 0.1) is 0 Å². The van der Waals surface area contributed by atoms with E-state index < -0.39 is 0 Å². The Labute approximate surface area is 173 Å². The number of carbonyl (C=O) groups is 1. The zero-order valence-electron chi connectivity index (χ0n) is 13.4. The molecule has 0 spiro atoms. The van der Waals surface area contributed by atoms with E-state index in [0.29, 0.717) is 23.0 Å². The Morgan fingerprint density at radius 1 is 1.12 bits per heavy atom. The summed E-state index contributed by atoms with van der Waals surface area (Å²) in [5.41, 5.74) is 2.97. The molecule has 9 heteroatoms. The average molecular weight is 495 g/mol. The van der Waals surface area contributed by atoms with Gasteiger partial charge in [0.25, 0.3) is 5.91 Å². The van der Waals surface area contributed by atoms with Crippen molar-refractivity contribution in [3.8, 4) is 0 Å². The zero-order chi connectivity index (χ0) is 18.4. The van der Waals surface area contributed by atoms with Gasteiger partial charge in [-0.2, -0.15) is 0 Å². The van der Waals surface area contributed by atoms with Crippen molar-refractivity contribution in [2.24, 2.45) is 0 Å². The van der Waals surface area contributed by atoms with Crippen LogP contribution in [-0.2, 0) is 6.54 Å². The molecule has 0 radical (unpaired) electrons. The summed E-state index contributed by atoms with van der Waals surface area (Å²) in [4.78, 5) is 11.9. The Balaban J connectivity index is 1.50. The van der Waals surface area contributed by atoms with E-state index in [1.54, 1.807) is 17.5 Å². The van der Waals surface area contributed by atoms with Crippen LogP contribution in [0.3, 0.4) is 0 Å². The summed E-state index contributed by atoms with van der Waals surface area (Å²) in [7, 11) is 0. The second kappa shape index (κ2) is 9.01. The third-order valence-corrected chi connectivity index (χ3v) is 4.76. The minimum absolute atomic E-state index is 0.283. The van der Waals surface area contributed by atoms with Gasteiger partial charge in [0.1, 0.15) is 0 Å². The first-order valence-corrected chi connectivity index (χ1v) is 9.90. The predicted molar refractivity (Wildman–Crippen MR) is 117 cm³/mol. The normalized spacial score (nSPS) is 10.2. The molecule has 0 unspecified atom stereocenters. The summed E-state index contributed by atoms with van der Waals surface area (Å²) in [5, 5.41) is 14.9. The van der Waals surface area contributed by atoms with Gasteiger partial charge < -0.3 is 16.0 Å². The van der Waals surface area contributed by atoms with E-state index in [9.17, 15) is 4.79 Å². The van der Waals surface area contributed by atoms with Crippen LogP contribution in [0.25, 0.3) is 0 Å². The Hall–Kier alpha value is -2.11. The van der Waals surface area contributed by atoms with Gasteiger partial charge in [-0.05, 0) is 88.3 Å². The maximum Gasteiger partial charge on any atom is 0.277 e. The summed E-state index contributed by atoms with van der Waals surface area (Å²) in [6.45, 7) is 0.651. The topological polar surface area (TPSA) is 78.9 Å². The third-order valence-electron chi connectivity index (χ3n) is 3.34. The van der Waals surface area contributed by atoms with Crippen molar-refractivity contribution >= 4 is 68.7 Å². The van der Waals surface area contributed by atoms with Crippen molar-refractivity contribution in [2.75, 3.05) is 10.6 Å². The van der Waals surface area contributed by atoms with Crippen molar-refractivity contribution < 1.29 is 4.79 Å². The molecule has 0 bridgehead atoms. The number of anilines is 2. The number of nitrogens with one attached hydrogen (secondary N) is 3. The second-order valence-corrected chi connectivity index (χ2v) is 7.52. The largest absolute Gasteiger partial charge is 0.358 e. The fourth-order valence-corrected chi connectivity index (χ4v) is 3.33. The molecule has 0 aliphatic carbocycles. The molecule has 1 heterocycles. The van der Waals surface area contributed by atoms with Crippen molar-refractivity contribution in [3.63, 3.8) is 0 Å².